The molecule has 9 heteroatoms. The Labute approximate surface area is 161 Å². The maximum absolute atomic E-state index is 12.4. The van der Waals surface area contributed by atoms with Crippen LogP contribution in [0.3, 0.4) is 0 Å². The van der Waals surface area contributed by atoms with Gasteiger partial charge in [0, 0.05) is 36.3 Å². The Morgan fingerprint density at radius 2 is 2.00 bits per heavy atom. The van der Waals surface area contributed by atoms with Crippen LogP contribution in [-0.2, 0) is 11.2 Å². The van der Waals surface area contributed by atoms with Crippen molar-refractivity contribution in [1.82, 2.24) is 10.3 Å². The van der Waals surface area contributed by atoms with Gasteiger partial charge in [-0.1, -0.05) is 12.8 Å². The Kier molecular flexibility index (Phi) is 6.03. The van der Waals surface area contributed by atoms with Gasteiger partial charge < -0.3 is 30.7 Å². The predicted octanol–water partition coefficient (Wildman–Crippen LogP) is 1.26. The van der Waals surface area contributed by atoms with Gasteiger partial charge in [-0.25, -0.2) is 4.79 Å². The molecule has 0 fully saturated rings. The lowest BCUT2D eigenvalue weighted by Gasteiger charge is -2.13. The molecular formula is C19H23N4O5-. The van der Waals surface area contributed by atoms with Crippen LogP contribution in [0.5, 0.6) is 0 Å². The molecule has 3 rings (SSSR count). The minimum atomic E-state index is -1.50. The average Bonchev–Trinajstić information content (AvgIpc) is 3.26. The lowest BCUT2D eigenvalue weighted by Crippen LogP contribution is -2.33. The van der Waals surface area contributed by atoms with Gasteiger partial charge in [-0.05, 0) is 43.0 Å². The normalized spacial score (nSPS) is 12.8. The standard InChI is InChI=1S/C19H24N4O5/c20-18(25)23-9-7-12-13-11-15(22-14(13)5-6-16(12)23)17(24)21-8-3-1-2-4-10-28-19(26)27/h5-6,11,22H,1-4,7-10H2,(H2,20,25)(H,21,24)(H,26,27)/p-1. The number of urea groups is 1. The SMILES string of the molecule is NC(=O)N1CCc2c1ccc1[nH]c(C(=O)NCCCCCCOC(=O)[O-])cc21. The van der Waals surface area contributed by atoms with Crippen molar-refractivity contribution in [2.24, 2.45) is 5.73 Å². The number of benzene rings is 1. The van der Waals surface area contributed by atoms with Crippen molar-refractivity contribution in [1.29, 1.82) is 0 Å². The minimum Gasteiger partial charge on any atom is -0.550 e. The number of carboxylic acid groups (broad SMARTS) is 1. The summed E-state index contributed by atoms with van der Waals surface area (Å²) in [4.78, 5) is 38.7. The maximum atomic E-state index is 12.4. The Hall–Kier alpha value is -3.23. The first-order valence-corrected chi connectivity index (χ1v) is 9.31. The molecule has 0 radical (unpaired) electrons. The quantitative estimate of drug-likeness (QED) is 0.462. The van der Waals surface area contributed by atoms with Crippen LogP contribution in [0.2, 0.25) is 0 Å². The summed E-state index contributed by atoms with van der Waals surface area (Å²) in [6.07, 6.45) is 2.31. The monoisotopic (exact) mass is 387 g/mol. The molecule has 2 heterocycles. The van der Waals surface area contributed by atoms with Gasteiger partial charge in [0.15, 0.2) is 0 Å². The van der Waals surface area contributed by atoms with Gasteiger partial charge >= 0.3 is 6.03 Å². The minimum absolute atomic E-state index is 0.140. The van der Waals surface area contributed by atoms with E-state index in [0.29, 0.717) is 31.6 Å². The lowest BCUT2D eigenvalue weighted by atomic mass is 10.1. The number of aromatic nitrogens is 1. The molecule has 1 aromatic carbocycles. The number of carbonyl (C=O) groups is 3. The molecular weight excluding hydrogens is 364 g/mol. The molecule has 150 valence electrons. The topological polar surface area (TPSA) is 141 Å². The third-order valence-electron chi connectivity index (χ3n) is 4.85. The van der Waals surface area contributed by atoms with E-state index in [4.69, 9.17) is 5.73 Å². The van der Waals surface area contributed by atoms with Crippen LogP contribution in [0.4, 0.5) is 15.3 Å². The summed E-state index contributed by atoms with van der Waals surface area (Å²) in [6, 6.07) is 5.03. The predicted molar refractivity (Wildman–Crippen MR) is 101 cm³/mol. The highest BCUT2D eigenvalue weighted by molar-refractivity contribution is 6.03. The molecule has 4 N–H and O–H groups in total. The summed E-state index contributed by atoms with van der Waals surface area (Å²) >= 11 is 0. The molecule has 1 aliphatic rings. The number of nitrogens with zero attached hydrogens (tertiary/aromatic N) is 1. The molecule has 0 bridgehead atoms. The highest BCUT2D eigenvalue weighted by atomic mass is 16.7. The smallest absolute Gasteiger partial charge is 0.319 e. The zero-order valence-corrected chi connectivity index (χ0v) is 15.5. The molecule has 2 aromatic rings. The van der Waals surface area contributed by atoms with Crippen LogP contribution in [0.1, 0.15) is 41.7 Å². The summed E-state index contributed by atoms with van der Waals surface area (Å²) < 4.78 is 4.33. The van der Waals surface area contributed by atoms with Crippen LogP contribution in [0, 0.1) is 0 Å². The summed E-state index contributed by atoms with van der Waals surface area (Å²) in [5.41, 5.74) is 8.55. The number of aromatic amines is 1. The third-order valence-corrected chi connectivity index (χ3v) is 4.85. The highest BCUT2D eigenvalue weighted by Gasteiger charge is 2.25. The zero-order valence-electron chi connectivity index (χ0n) is 15.5. The fraction of sp³-hybridized carbons (Fsp3) is 0.421. The number of primary amides is 1. The molecule has 3 amide bonds. The number of nitrogens with two attached hydrogens (primary N) is 1. The highest BCUT2D eigenvalue weighted by Crippen LogP contribution is 2.34. The fourth-order valence-electron chi connectivity index (χ4n) is 3.50. The number of H-pyrrole nitrogens is 1. The summed E-state index contributed by atoms with van der Waals surface area (Å²) in [7, 11) is 0. The molecule has 0 aliphatic carbocycles. The summed E-state index contributed by atoms with van der Waals surface area (Å²) in [6.45, 7) is 1.22. The first-order chi connectivity index (χ1) is 13.5. The van der Waals surface area contributed by atoms with Crippen molar-refractivity contribution in [3.05, 3.63) is 29.5 Å². The van der Waals surface area contributed by atoms with Gasteiger partial charge in [0.05, 0.1) is 0 Å². The number of unbranched alkanes of at least 4 members (excludes halogenated alkanes) is 3. The lowest BCUT2D eigenvalue weighted by molar-refractivity contribution is -0.282. The van der Waals surface area contributed by atoms with E-state index < -0.39 is 12.2 Å². The van der Waals surface area contributed by atoms with Crippen LogP contribution in [0.25, 0.3) is 10.9 Å². The molecule has 28 heavy (non-hydrogen) atoms. The van der Waals surface area contributed by atoms with Crippen LogP contribution < -0.4 is 21.1 Å². The molecule has 9 nitrogen and oxygen atoms in total. The van der Waals surface area contributed by atoms with Gasteiger partial charge in [-0.2, -0.15) is 0 Å². The van der Waals surface area contributed by atoms with E-state index in [1.807, 2.05) is 18.2 Å². The number of nitrogens with one attached hydrogen (secondary N) is 2. The average molecular weight is 387 g/mol. The molecule has 0 unspecified atom stereocenters. The van der Waals surface area contributed by atoms with Gasteiger partial charge in [-0.3, -0.25) is 9.69 Å². The first kappa shape index (κ1) is 19.5. The molecule has 0 atom stereocenters. The van der Waals surface area contributed by atoms with Gasteiger partial charge in [0.25, 0.3) is 12.1 Å². The molecule has 0 saturated heterocycles. The van der Waals surface area contributed by atoms with Crippen LogP contribution in [0.15, 0.2) is 18.2 Å². The van der Waals surface area contributed by atoms with E-state index in [9.17, 15) is 19.5 Å². The van der Waals surface area contributed by atoms with Crippen molar-refractivity contribution in [2.45, 2.75) is 32.1 Å². The number of fused-ring (bicyclic) bond motifs is 3. The van der Waals surface area contributed by atoms with Crippen molar-refractivity contribution in [3.63, 3.8) is 0 Å². The Balaban J connectivity index is 1.51. The van der Waals surface area contributed by atoms with Crippen LogP contribution in [-0.4, -0.2) is 42.8 Å². The maximum Gasteiger partial charge on any atom is 0.319 e. The van der Waals surface area contributed by atoms with E-state index in [1.165, 1.54) is 0 Å². The molecule has 0 spiro atoms. The molecule has 0 saturated carbocycles. The zero-order chi connectivity index (χ0) is 20.1. The van der Waals surface area contributed by atoms with E-state index in [1.54, 1.807) is 4.90 Å². The third kappa shape index (κ3) is 4.36. The van der Waals surface area contributed by atoms with Gasteiger partial charge in [0.1, 0.15) is 5.69 Å². The van der Waals surface area contributed by atoms with E-state index in [-0.39, 0.29) is 12.5 Å². The van der Waals surface area contributed by atoms with Gasteiger partial charge in [0.2, 0.25) is 0 Å². The number of hydrogen-bond acceptors (Lipinski definition) is 5. The molecule has 1 aromatic heterocycles. The fourth-order valence-corrected chi connectivity index (χ4v) is 3.50. The Bertz CT molecular complexity index is 892. The number of hydrogen-bond donors (Lipinski definition) is 3. The second-order valence-corrected chi connectivity index (χ2v) is 6.72. The number of rotatable bonds is 8. The first-order valence-electron chi connectivity index (χ1n) is 9.31. The van der Waals surface area contributed by atoms with E-state index in [2.05, 4.69) is 15.0 Å². The van der Waals surface area contributed by atoms with Crippen molar-refractivity contribution >= 4 is 34.7 Å². The van der Waals surface area contributed by atoms with Crippen molar-refractivity contribution in [2.75, 3.05) is 24.6 Å². The Morgan fingerprint density at radius 3 is 2.75 bits per heavy atom. The summed E-state index contributed by atoms with van der Waals surface area (Å²) in [5, 5.41) is 13.9. The van der Waals surface area contributed by atoms with E-state index >= 15 is 0 Å². The van der Waals surface area contributed by atoms with Crippen molar-refractivity contribution in [3.8, 4) is 0 Å². The second-order valence-electron chi connectivity index (χ2n) is 6.72. The summed E-state index contributed by atoms with van der Waals surface area (Å²) in [5.74, 6) is -0.185. The number of ether oxygens (including phenoxy) is 1. The molecule has 1 aliphatic heterocycles. The largest absolute Gasteiger partial charge is 0.550 e. The number of amides is 3. The van der Waals surface area contributed by atoms with Gasteiger partial charge in [-0.15, -0.1) is 0 Å². The Morgan fingerprint density at radius 1 is 1.21 bits per heavy atom. The van der Waals surface area contributed by atoms with Crippen LogP contribution >= 0.6 is 0 Å². The number of anilines is 1. The van der Waals surface area contributed by atoms with Crippen molar-refractivity contribution < 1.29 is 24.2 Å². The second kappa shape index (κ2) is 8.64. The number of carbonyl (C=O) groups excluding carboxylic acids is 3. The van der Waals surface area contributed by atoms with E-state index in [0.717, 1.165) is 41.4 Å².